The highest BCUT2D eigenvalue weighted by atomic mass is 16.4. The molecule has 6 heteroatoms. The third-order valence-corrected chi connectivity index (χ3v) is 3.55. The molecule has 0 aliphatic carbocycles. The molecule has 0 spiro atoms. The summed E-state index contributed by atoms with van der Waals surface area (Å²) in [5.41, 5.74) is -0.304. The number of nitrogens with zero attached hydrogens (tertiary/aromatic N) is 3. The van der Waals surface area contributed by atoms with Crippen molar-refractivity contribution in [2.24, 2.45) is 0 Å². The highest BCUT2D eigenvalue weighted by Crippen LogP contribution is 2.25. The van der Waals surface area contributed by atoms with Gasteiger partial charge in [-0.2, -0.15) is 0 Å². The summed E-state index contributed by atoms with van der Waals surface area (Å²) in [5.74, 6) is 0.340. The van der Waals surface area contributed by atoms with Crippen molar-refractivity contribution in [2.75, 3.05) is 20.1 Å². The number of aromatic nitrogens is 1. The SMILES string of the molecule is Cc1nc(C)c(C(=O)N2CCN(C)C(=O)C2(C)C)o1. The van der Waals surface area contributed by atoms with Crippen molar-refractivity contribution in [1.82, 2.24) is 14.8 Å². The molecule has 0 radical (unpaired) electrons. The number of likely N-dealkylation sites (N-methyl/N-ethyl adjacent to an activating group) is 1. The number of carbonyl (C=O) groups excluding carboxylic acids is 2. The Bertz CT molecular complexity index is 533. The predicted octanol–water partition coefficient (Wildman–Crippen LogP) is 0.984. The Hall–Kier alpha value is -1.85. The monoisotopic (exact) mass is 265 g/mol. The largest absolute Gasteiger partial charge is 0.436 e. The summed E-state index contributed by atoms with van der Waals surface area (Å²) < 4.78 is 5.36. The zero-order valence-corrected chi connectivity index (χ0v) is 12.0. The van der Waals surface area contributed by atoms with Crippen LogP contribution >= 0.6 is 0 Å². The Balaban J connectivity index is 2.34. The summed E-state index contributed by atoms with van der Waals surface area (Å²) in [6.45, 7) is 7.95. The van der Waals surface area contributed by atoms with Crippen molar-refractivity contribution in [3.05, 3.63) is 17.3 Å². The summed E-state index contributed by atoms with van der Waals surface area (Å²) in [6.07, 6.45) is 0. The van der Waals surface area contributed by atoms with Crippen LogP contribution in [0.3, 0.4) is 0 Å². The first kappa shape index (κ1) is 13.6. The fourth-order valence-corrected chi connectivity index (χ4v) is 2.42. The van der Waals surface area contributed by atoms with Crippen LogP contribution in [0.1, 0.15) is 36.0 Å². The number of oxazole rings is 1. The van der Waals surface area contributed by atoms with Crippen molar-refractivity contribution in [1.29, 1.82) is 0 Å². The summed E-state index contributed by atoms with van der Waals surface area (Å²) in [7, 11) is 1.75. The number of hydrogen-bond donors (Lipinski definition) is 0. The van der Waals surface area contributed by atoms with E-state index in [1.54, 1.807) is 44.5 Å². The second kappa shape index (κ2) is 4.36. The van der Waals surface area contributed by atoms with E-state index in [1.165, 1.54) is 0 Å². The molecule has 1 fully saturated rings. The lowest BCUT2D eigenvalue weighted by molar-refractivity contribution is -0.144. The minimum Gasteiger partial charge on any atom is -0.436 e. The number of aryl methyl sites for hydroxylation is 2. The summed E-state index contributed by atoms with van der Waals surface area (Å²) in [5, 5.41) is 0. The quantitative estimate of drug-likeness (QED) is 0.759. The van der Waals surface area contributed by atoms with E-state index in [9.17, 15) is 9.59 Å². The molecule has 1 aliphatic heterocycles. The number of hydrogen-bond acceptors (Lipinski definition) is 4. The molecule has 104 valence electrons. The average Bonchev–Trinajstić information content (AvgIpc) is 2.65. The van der Waals surface area contributed by atoms with Gasteiger partial charge in [-0.1, -0.05) is 0 Å². The molecule has 1 aromatic heterocycles. The summed E-state index contributed by atoms with van der Waals surface area (Å²) in [4.78, 5) is 32.0. The lowest BCUT2D eigenvalue weighted by Gasteiger charge is -2.44. The van der Waals surface area contributed by atoms with Crippen molar-refractivity contribution < 1.29 is 14.0 Å². The van der Waals surface area contributed by atoms with Crippen LogP contribution < -0.4 is 0 Å². The molecular weight excluding hydrogens is 246 g/mol. The van der Waals surface area contributed by atoms with Gasteiger partial charge in [0, 0.05) is 27.1 Å². The highest BCUT2D eigenvalue weighted by molar-refractivity contribution is 5.98. The Morgan fingerprint density at radius 2 is 1.95 bits per heavy atom. The maximum atomic E-state index is 12.5. The highest BCUT2D eigenvalue weighted by Gasteiger charge is 2.44. The van der Waals surface area contributed by atoms with Gasteiger partial charge in [0.05, 0.1) is 5.69 Å². The van der Waals surface area contributed by atoms with Crippen molar-refractivity contribution in [2.45, 2.75) is 33.2 Å². The Labute approximate surface area is 112 Å². The van der Waals surface area contributed by atoms with Crippen molar-refractivity contribution in [3.8, 4) is 0 Å². The third kappa shape index (κ3) is 2.11. The van der Waals surface area contributed by atoms with Crippen LogP contribution in [-0.2, 0) is 4.79 Å². The van der Waals surface area contributed by atoms with E-state index in [1.807, 2.05) is 0 Å². The van der Waals surface area contributed by atoms with E-state index >= 15 is 0 Å². The van der Waals surface area contributed by atoms with Crippen LogP contribution in [0.2, 0.25) is 0 Å². The van der Waals surface area contributed by atoms with Crippen LogP contribution in [0.15, 0.2) is 4.42 Å². The molecule has 1 saturated heterocycles. The van der Waals surface area contributed by atoms with E-state index in [4.69, 9.17) is 4.42 Å². The first-order valence-corrected chi connectivity index (χ1v) is 6.26. The van der Waals surface area contributed by atoms with Gasteiger partial charge in [-0.05, 0) is 20.8 Å². The fraction of sp³-hybridized carbons (Fsp3) is 0.615. The van der Waals surface area contributed by atoms with Crippen LogP contribution in [-0.4, -0.2) is 52.3 Å². The number of carbonyl (C=O) groups is 2. The molecule has 1 aliphatic rings. The second-order valence-corrected chi connectivity index (χ2v) is 5.39. The van der Waals surface area contributed by atoms with E-state index in [2.05, 4.69) is 4.98 Å². The molecule has 1 aromatic rings. The van der Waals surface area contributed by atoms with Gasteiger partial charge >= 0.3 is 0 Å². The van der Waals surface area contributed by atoms with Crippen molar-refractivity contribution >= 4 is 11.8 Å². The zero-order valence-electron chi connectivity index (χ0n) is 12.0. The van der Waals surface area contributed by atoms with Gasteiger partial charge in [-0.3, -0.25) is 9.59 Å². The lowest BCUT2D eigenvalue weighted by atomic mass is 9.97. The first-order chi connectivity index (χ1) is 8.75. The smallest absolute Gasteiger partial charge is 0.292 e. The molecule has 19 heavy (non-hydrogen) atoms. The fourth-order valence-electron chi connectivity index (χ4n) is 2.42. The van der Waals surface area contributed by atoms with Gasteiger partial charge in [0.2, 0.25) is 11.7 Å². The average molecular weight is 265 g/mol. The van der Waals surface area contributed by atoms with Gasteiger partial charge in [0.1, 0.15) is 5.54 Å². The second-order valence-electron chi connectivity index (χ2n) is 5.39. The number of amides is 2. The first-order valence-electron chi connectivity index (χ1n) is 6.26. The standard InChI is InChI=1S/C13H19N3O3/c1-8-10(19-9(2)14-8)11(17)16-7-6-15(5)12(18)13(16,3)4/h6-7H2,1-5H3. The van der Waals surface area contributed by atoms with E-state index < -0.39 is 5.54 Å². The molecule has 0 bridgehead atoms. The van der Waals surface area contributed by atoms with E-state index in [-0.39, 0.29) is 17.6 Å². The Morgan fingerprint density at radius 3 is 2.47 bits per heavy atom. The number of rotatable bonds is 1. The maximum absolute atomic E-state index is 12.5. The molecule has 0 atom stereocenters. The molecule has 0 aromatic carbocycles. The molecule has 0 N–H and O–H groups in total. The third-order valence-electron chi connectivity index (χ3n) is 3.55. The van der Waals surface area contributed by atoms with E-state index in [0.717, 1.165) is 0 Å². The topological polar surface area (TPSA) is 66.7 Å². The molecule has 2 heterocycles. The summed E-state index contributed by atoms with van der Waals surface area (Å²) >= 11 is 0. The minimum absolute atomic E-state index is 0.0685. The van der Waals surface area contributed by atoms with Gasteiger partial charge in [-0.25, -0.2) is 4.98 Å². The molecular formula is C13H19N3O3. The maximum Gasteiger partial charge on any atom is 0.292 e. The van der Waals surface area contributed by atoms with Gasteiger partial charge in [0.15, 0.2) is 5.89 Å². The predicted molar refractivity (Wildman–Crippen MR) is 68.7 cm³/mol. The lowest BCUT2D eigenvalue weighted by Crippen LogP contribution is -2.63. The molecule has 2 rings (SSSR count). The molecule has 2 amide bonds. The minimum atomic E-state index is -0.864. The van der Waals surface area contributed by atoms with Gasteiger partial charge in [0.25, 0.3) is 5.91 Å². The molecule has 0 saturated carbocycles. The van der Waals surface area contributed by atoms with Gasteiger partial charge < -0.3 is 14.2 Å². The molecule has 0 unspecified atom stereocenters. The van der Waals surface area contributed by atoms with E-state index in [0.29, 0.717) is 24.7 Å². The van der Waals surface area contributed by atoms with Crippen LogP contribution in [0.5, 0.6) is 0 Å². The summed E-state index contributed by atoms with van der Waals surface area (Å²) in [6, 6.07) is 0. The normalized spacial score (nSPS) is 18.9. The number of piperazine rings is 1. The van der Waals surface area contributed by atoms with Crippen LogP contribution in [0, 0.1) is 13.8 Å². The Kier molecular flexibility index (Phi) is 3.12. The van der Waals surface area contributed by atoms with Crippen LogP contribution in [0.25, 0.3) is 0 Å². The zero-order chi connectivity index (χ0) is 14.4. The van der Waals surface area contributed by atoms with Crippen molar-refractivity contribution in [3.63, 3.8) is 0 Å². The molecule has 6 nitrogen and oxygen atoms in total. The van der Waals surface area contributed by atoms with Crippen LogP contribution in [0.4, 0.5) is 0 Å². The Morgan fingerprint density at radius 1 is 1.32 bits per heavy atom. The van der Waals surface area contributed by atoms with Gasteiger partial charge in [-0.15, -0.1) is 0 Å².